The molecule has 1 unspecified atom stereocenters. The number of carbonyl (C=O) groups excluding carboxylic acids is 1. The van der Waals surface area contributed by atoms with Crippen LogP contribution in [0.4, 0.5) is 0 Å². The normalized spacial score (nSPS) is 12.6. The minimum absolute atomic E-state index is 0.0379. The van der Waals surface area contributed by atoms with Crippen LogP contribution in [-0.4, -0.2) is 63.0 Å². The average Bonchev–Trinajstić information content (AvgIpc) is 2.05. The van der Waals surface area contributed by atoms with Crippen molar-refractivity contribution in [2.24, 2.45) is 0 Å². The molecule has 1 amide bonds. The Morgan fingerprint density at radius 1 is 1.46 bits per heavy atom. The lowest BCUT2D eigenvalue weighted by molar-refractivity contribution is -0.135. The molecule has 0 bridgehead atoms. The summed E-state index contributed by atoms with van der Waals surface area (Å²) >= 11 is 0. The summed E-state index contributed by atoms with van der Waals surface area (Å²) in [5, 5.41) is 9.28. The molecule has 0 aromatic heterocycles. The van der Waals surface area contributed by atoms with Gasteiger partial charge in [0.2, 0.25) is 5.91 Å². The number of hydrogen-bond donors (Lipinski definition) is 1. The van der Waals surface area contributed by atoms with Gasteiger partial charge in [-0.15, -0.1) is 0 Å². The lowest BCUT2D eigenvalue weighted by Crippen LogP contribution is -2.37. The Morgan fingerprint density at radius 3 is 2.54 bits per heavy atom. The fourth-order valence-corrected chi connectivity index (χ4v) is 0.897. The summed E-state index contributed by atoms with van der Waals surface area (Å²) in [4.78, 5) is 12.5. The molecule has 1 atom stereocenters. The summed E-state index contributed by atoms with van der Waals surface area (Å²) in [7, 11) is 4.57. The zero-order valence-electron chi connectivity index (χ0n) is 8.32. The number of hydrogen-bond acceptors (Lipinski definition) is 4. The van der Waals surface area contributed by atoms with E-state index in [-0.39, 0.29) is 25.7 Å². The number of likely N-dealkylation sites (N-methyl/N-ethyl adjacent to an activating group) is 1. The number of rotatable bonds is 6. The van der Waals surface area contributed by atoms with E-state index in [9.17, 15) is 9.90 Å². The molecule has 0 fully saturated rings. The third-order valence-electron chi connectivity index (χ3n) is 1.54. The summed E-state index contributed by atoms with van der Waals surface area (Å²) in [5.74, 6) is -0.155. The van der Waals surface area contributed by atoms with Crippen LogP contribution in [0.1, 0.15) is 0 Å². The van der Waals surface area contributed by atoms with Crippen molar-refractivity contribution in [2.75, 3.05) is 41.0 Å². The second kappa shape index (κ2) is 6.82. The quantitative estimate of drug-likeness (QED) is 0.591. The molecular formula is C8H17NO4. The third kappa shape index (κ3) is 5.57. The number of carbonyl (C=O) groups is 1. The first-order valence-electron chi connectivity index (χ1n) is 4.01. The Hall–Kier alpha value is -0.650. The zero-order chi connectivity index (χ0) is 10.3. The molecule has 5 nitrogen and oxygen atoms in total. The van der Waals surface area contributed by atoms with Gasteiger partial charge in [-0.1, -0.05) is 0 Å². The molecule has 0 rings (SSSR count). The van der Waals surface area contributed by atoms with Crippen molar-refractivity contribution in [1.29, 1.82) is 0 Å². The second-order valence-corrected chi connectivity index (χ2v) is 2.82. The lowest BCUT2D eigenvalue weighted by atomic mass is 10.3. The molecule has 0 spiro atoms. The average molecular weight is 191 g/mol. The molecule has 78 valence electrons. The first-order chi connectivity index (χ1) is 6.11. The molecule has 0 aromatic carbocycles. The van der Waals surface area contributed by atoms with Crippen LogP contribution in [-0.2, 0) is 14.3 Å². The Bertz CT molecular complexity index is 151. The van der Waals surface area contributed by atoms with Gasteiger partial charge in [0.25, 0.3) is 0 Å². The van der Waals surface area contributed by atoms with Gasteiger partial charge in [-0.3, -0.25) is 4.79 Å². The van der Waals surface area contributed by atoms with Gasteiger partial charge < -0.3 is 19.5 Å². The number of nitrogens with zero attached hydrogens (tertiary/aromatic N) is 1. The third-order valence-corrected chi connectivity index (χ3v) is 1.54. The Morgan fingerprint density at radius 2 is 2.08 bits per heavy atom. The van der Waals surface area contributed by atoms with Crippen molar-refractivity contribution in [3.8, 4) is 0 Å². The summed E-state index contributed by atoms with van der Waals surface area (Å²) in [6.45, 7) is 0.525. The lowest BCUT2D eigenvalue weighted by Gasteiger charge is -2.19. The molecule has 0 saturated carbocycles. The van der Waals surface area contributed by atoms with Crippen LogP contribution < -0.4 is 0 Å². The van der Waals surface area contributed by atoms with E-state index in [1.165, 1.54) is 19.1 Å². The van der Waals surface area contributed by atoms with Crippen LogP contribution in [0.3, 0.4) is 0 Å². The SMILES string of the molecule is COCC(=O)N(C)CC(O)COC. The maximum Gasteiger partial charge on any atom is 0.248 e. The summed E-state index contributed by atoms with van der Waals surface area (Å²) in [5.41, 5.74) is 0. The highest BCUT2D eigenvalue weighted by molar-refractivity contribution is 5.77. The fraction of sp³-hybridized carbons (Fsp3) is 0.875. The van der Waals surface area contributed by atoms with Gasteiger partial charge in [0.05, 0.1) is 12.7 Å². The number of aliphatic hydroxyl groups is 1. The molecule has 0 aliphatic rings. The molecule has 0 saturated heterocycles. The van der Waals surface area contributed by atoms with E-state index in [0.29, 0.717) is 0 Å². The van der Waals surface area contributed by atoms with Crippen molar-refractivity contribution in [3.05, 3.63) is 0 Å². The molecule has 0 heterocycles. The number of aliphatic hydroxyl groups excluding tert-OH is 1. The molecule has 0 radical (unpaired) electrons. The number of ether oxygens (including phenoxy) is 2. The zero-order valence-corrected chi connectivity index (χ0v) is 8.32. The summed E-state index contributed by atoms with van der Waals surface area (Å²) < 4.78 is 9.39. The van der Waals surface area contributed by atoms with E-state index in [4.69, 9.17) is 4.74 Å². The first kappa shape index (κ1) is 12.3. The molecular weight excluding hydrogens is 174 g/mol. The highest BCUT2D eigenvalue weighted by atomic mass is 16.5. The van der Waals surface area contributed by atoms with Gasteiger partial charge in [-0.25, -0.2) is 0 Å². The van der Waals surface area contributed by atoms with E-state index in [2.05, 4.69) is 4.74 Å². The predicted molar refractivity (Wildman–Crippen MR) is 47.4 cm³/mol. The Kier molecular flexibility index (Phi) is 6.48. The minimum Gasteiger partial charge on any atom is -0.389 e. The van der Waals surface area contributed by atoms with Crippen LogP contribution in [0.15, 0.2) is 0 Å². The maximum atomic E-state index is 11.1. The van der Waals surface area contributed by atoms with Crippen LogP contribution in [0.5, 0.6) is 0 Å². The maximum absolute atomic E-state index is 11.1. The van der Waals surface area contributed by atoms with E-state index in [0.717, 1.165) is 0 Å². The first-order valence-corrected chi connectivity index (χ1v) is 4.01. The van der Waals surface area contributed by atoms with Crippen LogP contribution in [0.2, 0.25) is 0 Å². The largest absolute Gasteiger partial charge is 0.389 e. The standard InChI is InChI=1S/C8H17NO4/c1-9(8(11)6-13-3)4-7(10)5-12-2/h7,10H,4-6H2,1-3H3. The van der Waals surface area contributed by atoms with Gasteiger partial charge in [-0.05, 0) is 0 Å². The van der Waals surface area contributed by atoms with Crippen molar-refractivity contribution in [3.63, 3.8) is 0 Å². The molecule has 0 aromatic rings. The smallest absolute Gasteiger partial charge is 0.248 e. The van der Waals surface area contributed by atoms with E-state index < -0.39 is 6.10 Å². The number of methoxy groups -OCH3 is 2. The highest BCUT2D eigenvalue weighted by Crippen LogP contribution is 1.91. The molecule has 0 aliphatic carbocycles. The van der Waals surface area contributed by atoms with E-state index in [1.807, 2.05) is 0 Å². The minimum atomic E-state index is -0.643. The van der Waals surface area contributed by atoms with Crippen LogP contribution in [0, 0.1) is 0 Å². The molecule has 5 heteroatoms. The van der Waals surface area contributed by atoms with Crippen LogP contribution in [0.25, 0.3) is 0 Å². The van der Waals surface area contributed by atoms with Gasteiger partial charge in [-0.2, -0.15) is 0 Å². The predicted octanol–water partition coefficient (Wildman–Crippen LogP) is -0.901. The van der Waals surface area contributed by atoms with Gasteiger partial charge >= 0.3 is 0 Å². The second-order valence-electron chi connectivity index (χ2n) is 2.82. The summed E-state index contributed by atoms with van der Waals surface area (Å²) in [6.07, 6.45) is -0.643. The monoisotopic (exact) mass is 191 g/mol. The molecule has 0 aliphatic heterocycles. The Labute approximate surface area is 78.2 Å². The summed E-state index contributed by atoms with van der Waals surface area (Å²) in [6, 6.07) is 0. The molecule has 13 heavy (non-hydrogen) atoms. The topological polar surface area (TPSA) is 59.0 Å². The number of amides is 1. The van der Waals surface area contributed by atoms with Crippen molar-refractivity contribution < 1.29 is 19.4 Å². The van der Waals surface area contributed by atoms with E-state index >= 15 is 0 Å². The van der Waals surface area contributed by atoms with E-state index in [1.54, 1.807) is 7.05 Å². The highest BCUT2D eigenvalue weighted by Gasteiger charge is 2.12. The fourth-order valence-electron chi connectivity index (χ4n) is 0.897. The Balaban J connectivity index is 3.71. The van der Waals surface area contributed by atoms with Gasteiger partial charge in [0.1, 0.15) is 6.61 Å². The van der Waals surface area contributed by atoms with Crippen LogP contribution >= 0.6 is 0 Å². The molecule has 1 N–H and O–H groups in total. The van der Waals surface area contributed by atoms with Crippen molar-refractivity contribution in [2.45, 2.75) is 6.10 Å². The van der Waals surface area contributed by atoms with Crippen molar-refractivity contribution in [1.82, 2.24) is 4.90 Å². The van der Waals surface area contributed by atoms with Crippen molar-refractivity contribution >= 4 is 5.91 Å². The van der Waals surface area contributed by atoms with Gasteiger partial charge in [0.15, 0.2) is 0 Å². The van der Waals surface area contributed by atoms with Gasteiger partial charge in [0, 0.05) is 27.8 Å².